The molecule has 0 aromatic rings. The quantitative estimate of drug-likeness (QED) is 0.714. The first-order valence-electron chi connectivity index (χ1n) is 5.57. The van der Waals surface area contributed by atoms with Crippen molar-refractivity contribution in [3.8, 4) is 0 Å². The summed E-state index contributed by atoms with van der Waals surface area (Å²) in [5.41, 5.74) is 9.12. The van der Waals surface area contributed by atoms with Gasteiger partial charge in [0, 0.05) is 6.04 Å². The van der Waals surface area contributed by atoms with Gasteiger partial charge in [-0.05, 0) is 44.1 Å². The molecule has 0 saturated carbocycles. The second-order valence-electron chi connectivity index (χ2n) is 5.15. The zero-order valence-electron chi connectivity index (χ0n) is 9.93. The molecule has 2 N–H and O–H groups in total. The standard InChI is InChI=1S/C13H23N/c1-10-6-5-9-13(3,4)12(10)8-7-11(2)14/h7-8,11H,5-6,9,14H2,1-4H3/b8-7+. The van der Waals surface area contributed by atoms with Gasteiger partial charge in [0.15, 0.2) is 0 Å². The van der Waals surface area contributed by atoms with Gasteiger partial charge in [-0.15, -0.1) is 0 Å². The topological polar surface area (TPSA) is 26.0 Å². The summed E-state index contributed by atoms with van der Waals surface area (Å²) in [5.74, 6) is 0. The molecule has 0 aromatic heterocycles. The largest absolute Gasteiger partial charge is 0.325 e. The lowest BCUT2D eigenvalue weighted by Gasteiger charge is -2.33. The molecular weight excluding hydrogens is 170 g/mol. The maximum absolute atomic E-state index is 5.73. The van der Waals surface area contributed by atoms with E-state index in [1.165, 1.54) is 30.4 Å². The summed E-state index contributed by atoms with van der Waals surface area (Å²) in [6, 6.07) is 0.160. The molecule has 0 fully saturated rings. The lowest BCUT2D eigenvalue weighted by atomic mass is 9.72. The van der Waals surface area contributed by atoms with E-state index in [9.17, 15) is 0 Å². The Balaban J connectivity index is 2.91. The van der Waals surface area contributed by atoms with Crippen molar-refractivity contribution in [3.63, 3.8) is 0 Å². The zero-order valence-corrected chi connectivity index (χ0v) is 9.93. The van der Waals surface area contributed by atoms with E-state index in [0.717, 1.165) is 0 Å². The van der Waals surface area contributed by atoms with Crippen molar-refractivity contribution in [1.82, 2.24) is 0 Å². The van der Waals surface area contributed by atoms with Crippen LogP contribution >= 0.6 is 0 Å². The van der Waals surface area contributed by atoms with Gasteiger partial charge in [-0.3, -0.25) is 0 Å². The average Bonchev–Trinajstić information content (AvgIpc) is 2.01. The molecule has 0 heterocycles. The van der Waals surface area contributed by atoms with Crippen LogP contribution in [-0.4, -0.2) is 6.04 Å². The first-order chi connectivity index (χ1) is 6.43. The highest BCUT2D eigenvalue weighted by atomic mass is 14.6. The van der Waals surface area contributed by atoms with Crippen LogP contribution < -0.4 is 5.73 Å². The third-order valence-electron chi connectivity index (χ3n) is 3.11. The van der Waals surface area contributed by atoms with Gasteiger partial charge in [-0.2, -0.15) is 0 Å². The Kier molecular flexibility index (Phi) is 3.54. The Hall–Kier alpha value is -0.560. The third-order valence-corrected chi connectivity index (χ3v) is 3.11. The van der Waals surface area contributed by atoms with Gasteiger partial charge in [0.1, 0.15) is 0 Å². The third kappa shape index (κ3) is 2.71. The van der Waals surface area contributed by atoms with Crippen molar-refractivity contribution in [2.24, 2.45) is 11.1 Å². The Morgan fingerprint density at radius 1 is 1.43 bits per heavy atom. The van der Waals surface area contributed by atoms with E-state index in [0.29, 0.717) is 5.41 Å². The van der Waals surface area contributed by atoms with Crippen LogP contribution in [0.1, 0.15) is 47.0 Å². The van der Waals surface area contributed by atoms with Crippen molar-refractivity contribution in [2.45, 2.75) is 53.0 Å². The molecular formula is C13H23N. The predicted molar refractivity (Wildman–Crippen MR) is 63.1 cm³/mol. The molecule has 0 aromatic carbocycles. The molecule has 0 amide bonds. The van der Waals surface area contributed by atoms with Crippen LogP contribution in [0.15, 0.2) is 23.3 Å². The van der Waals surface area contributed by atoms with Crippen LogP contribution in [0.25, 0.3) is 0 Å². The molecule has 1 heteroatoms. The second kappa shape index (κ2) is 4.31. The smallest absolute Gasteiger partial charge is 0.0197 e. The minimum absolute atomic E-state index is 0.160. The van der Waals surface area contributed by atoms with Crippen LogP contribution in [0.5, 0.6) is 0 Å². The summed E-state index contributed by atoms with van der Waals surface area (Å²) in [5, 5.41) is 0. The van der Waals surface area contributed by atoms with E-state index in [-0.39, 0.29) is 6.04 Å². The van der Waals surface area contributed by atoms with Crippen molar-refractivity contribution in [1.29, 1.82) is 0 Å². The maximum atomic E-state index is 5.73. The summed E-state index contributed by atoms with van der Waals surface area (Å²) in [7, 11) is 0. The van der Waals surface area contributed by atoms with Gasteiger partial charge in [-0.25, -0.2) is 0 Å². The lowest BCUT2D eigenvalue weighted by Crippen LogP contribution is -2.20. The SMILES string of the molecule is CC1=C(/C=C/C(C)N)C(C)(C)CCC1. The summed E-state index contributed by atoms with van der Waals surface area (Å²) < 4.78 is 0. The van der Waals surface area contributed by atoms with Crippen molar-refractivity contribution in [3.05, 3.63) is 23.3 Å². The van der Waals surface area contributed by atoms with E-state index in [2.05, 4.69) is 32.9 Å². The highest BCUT2D eigenvalue weighted by molar-refractivity contribution is 5.32. The zero-order chi connectivity index (χ0) is 10.8. The molecule has 1 unspecified atom stereocenters. The van der Waals surface area contributed by atoms with Crippen molar-refractivity contribution in [2.75, 3.05) is 0 Å². The molecule has 14 heavy (non-hydrogen) atoms. The summed E-state index contributed by atoms with van der Waals surface area (Å²) in [6.45, 7) is 8.93. The van der Waals surface area contributed by atoms with Gasteiger partial charge < -0.3 is 5.73 Å². The second-order valence-corrected chi connectivity index (χ2v) is 5.15. The molecule has 1 rings (SSSR count). The van der Waals surface area contributed by atoms with Crippen LogP contribution in [-0.2, 0) is 0 Å². The van der Waals surface area contributed by atoms with Gasteiger partial charge in [-0.1, -0.05) is 31.6 Å². The molecule has 0 bridgehead atoms. The summed E-state index contributed by atoms with van der Waals surface area (Å²) >= 11 is 0. The minimum atomic E-state index is 0.160. The average molecular weight is 193 g/mol. The van der Waals surface area contributed by atoms with Gasteiger partial charge in [0.05, 0.1) is 0 Å². The van der Waals surface area contributed by atoms with E-state index < -0.39 is 0 Å². The monoisotopic (exact) mass is 193 g/mol. The Labute approximate surface area is 88.1 Å². The maximum Gasteiger partial charge on any atom is 0.0197 e. The molecule has 0 radical (unpaired) electrons. The number of nitrogens with two attached hydrogens (primary N) is 1. The predicted octanol–water partition coefficient (Wildman–Crippen LogP) is 3.42. The van der Waals surface area contributed by atoms with Crippen LogP contribution in [0.4, 0.5) is 0 Å². The van der Waals surface area contributed by atoms with E-state index in [1.54, 1.807) is 0 Å². The normalized spacial score (nSPS) is 24.4. The molecule has 1 aliphatic rings. The first kappa shape index (κ1) is 11.5. The van der Waals surface area contributed by atoms with Crippen molar-refractivity contribution >= 4 is 0 Å². The molecule has 1 atom stereocenters. The fourth-order valence-electron chi connectivity index (χ4n) is 2.26. The van der Waals surface area contributed by atoms with Crippen LogP contribution in [0, 0.1) is 5.41 Å². The van der Waals surface area contributed by atoms with Crippen LogP contribution in [0.2, 0.25) is 0 Å². The Bertz CT molecular complexity index is 256. The first-order valence-corrected chi connectivity index (χ1v) is 5.57. The van der Waals surface area contributed by atoms with E-state index >= 15 is 0 Å². The fraction of sp³-hybridized carbons (Fsp3) is 0.692. The Morgan fingerprint density at radius 2 is 2.07 bits per heavy atom. The highest BCUT2D eigenvalue weighted by Crippen LogP contribution is 2.40. The van der Waals surface area contributed by atoms with Gasteiger partial charge in [0.2, 0.25) is 0 Å². The van der Waals surface area contributed by atoms with Gasteiger partial charge in [0.25, 0.3) is 0 Å². The highest BCUT2D eigenvalue weighted by Gasteiger charge is 2.26. The number of hydrogen-bond acceptors (Lipinski definition) is 1. The number of hydrogen-bond donors (Lipinski definition) is 1. The molecule has 80 valence electrons. The van der Waals surface area contributed by atoms with Crippen LogP contribution in [0.3, 0.4) is 0 Å². The Morgan fingerprint density at radius 3 is 2.57 bits per heavy atom. The lowest BCUT2D eigenvalue weighted by molar-refractivity contribution is 0.376. The summed E-state index contributed by atoms with van der Waals surface area (Å²) in [6.07, 6.45) is 8.21. The molecule has 0 spiro atoms. The molecule has 1 nitrogen and oxygen atoms in total. The molecule has 1 aliphatic carbocycles. The molecule has 0 saturated heterocycles. The van der Waals surface area contributed by atoms with Gasteiger partial charge >= 0.3 is 0 Å². The minimum Gasteiger partial charge on any atom is -0.325 e. The van der Waals surface area contributed by atoms with E-state index in [4.69, 9.17) is 5.73 Å². The fourth-order valence-corrected chi connectivity index (χ4v) is 2.26. The number of allylic oxidation sites excluding steroid dienone is 3. The summed E-state index contributed by atoms with van der Waals surface area (Å²) in [4.78, 5) is 0. The van der Waals surface area contributed by atoms with Crippen molar-refractivity contribution < 1.29 is 0 Å². The molecule has 0 aliphatic heterocycles. The van der Waals surface area contributed by atoms with E-state index in [1.807, 2.05) is 6.92 Å². The number of rotatable bonds is 2.